The van der Waals surface area contributed by atoms with Crippen molar-refractivity contribution in [2.75, 3.05) is 0 Å². The zero-order valence-corrected chi connectivity index (χ0v) is 15.2. The van der Waals surface area contributed by atoms with E-state index in [1.165, 1.54) is 24.3 Å². The van der Waals surface area contributed by atoms with Crippen molar-refractivity contribution in [3.63, 3.8) is 0 Å². The van der Waals surface area contributed by atoms with E-state index in [0.717, 1.165) is 11.1 Å². The topological polar surface area (TPSA) is 130 Å². The van der Waals surface area contributed by atoms with Gasteiger partial charge in [0, 0.05) is 0 Å². The lowest BCUT2D eigenvalue weighted by molar-refractivity contribution is -0.181. The lowest BCUT2D eigenvalue weighted by atomic mass is 10.1. The van der Waals surface area contributed by atoms with E-state index in [1.807, 2.05) is 0 Å². The molecule has 0 radical (unpaired) electrons. The molecule has 8 nitrogen and oxygen atoms in total. The van der Waals surface area contributed by atoms with Gasteiger partial charge in [-0.05, 0) is 38.1 Å². The third-order valence-corrected chi connectivity index (χ3v) is 3.89. The van der Waals surface area contributed by atoms with E-state index >= 15 is 0 Å². The molecular weight excluding hydrogens is 368 g/mol. The van der Waals surface area contributed by atoms with E-state index in [-0.39, 0.29) is 11.1 Å². The van der Waals surface area contributed by atoms with Crippen LogP contribution in [-0.2, 0) is 14.3 Å². The Morgan fingerprint density at radius 3 is 1.50 bits per heavy atom. The van der Waals surface area contributed by atoms with Gasteiger partial charge in [0.25, 0.3) is 0 Å². The third kappa shape index (κ3) is 5.38. The molecule has 2 aromatic carbocycles. The van der Waals surface area contributed by atoms with E-state index in [9.17, 15) is 29.7 Å². The fourth-order valence-corrected chi connectivity index (χ4v) is 2.29. The van der Waals surface area contributed by atoms with Gasteiger partial charge in [0.05, 0.1) is 11.1 Å². The number of aliphatic hydroxyl groups is 2. The molecule has 0 heterocycles. The molecule has 3 N–H and O–H groups in total. The lowest BCUT2D eigenvalue weighted by Crippen LogP contribution is -2.47. The normalized spacial score (nSPS) is 12.9. The number of ether oxygens (including phenoxy) is 2. The Labute approximate surface area is 161 Å². The second-order valence-corrected chi connectivity index (χ2v) is 6.18. The van der Waals surface area contributed by atoms with Crippen LogP contribution in [0.5, 0.6) is 0 Å². The molecule has 28 heavy (non-hydrogen) atoms. The van der Waals surface area contributed by atoms with Gasteiger partial charge < -0.3 is 24.8 Å². The predicted molar refractivity (Wildman–Crippen MR) is 96.6 cm³/mol. The van der Waals surface area contributed by atoms with Gasteiger partial charge in [-0.15, -0.1) is 0 Å². The molecule has 0 aromatic heterocycles. The Hall–Kier alpha value is -3.23. The van der Waals surface area contributed by atoms with E-state index in [4.69, 9.17) is 9.47 Å². The average Bonchev–Trinajstić information content (AvgIpc) is 2.64. The number of hydrogen-bond acceptors (Lipinski definition) is 7. The number of benzene rings is 2. The summed E-state index contributed by atoms with van der Waals surface area (Å²) in [5, 5.41) is 28.4. The van der Waals surface area contributed by atoms with Crippen LogP contribution in [0.25, 0.3) is 0 Å². The lowest BCUT2D eigenvalue weighted by Gasteiger charge is -2.25. The number of aliphatic hydroxyl groups excluding tert-OH is 1. The highest BCUT2D eigenvalue weighted by Crippen LogP contribution is 2.15. The zero-order valence-electron chi connectivity index (χ0n) is 15.2. The minimum atomic E-state index is -2.39. The largest absolute Gasteiger partial charge is 0.478 e. The summed E-state index contributed by atoms with van der Waals surface area (Å²) in [5.74, 6) is -3.70. The van der Waals surface area contributed by atoms with Gasteiger partial charge in [-0.3, -0.25) is 0 Å². The van der Waals surface area contributed by atoms with Crippen LogP contribution in [-0.4, -0.2) is 51.7 Å². The van der Waals surface area contributed by atoms with Crippen LogP contribution in [0.1, 0.15) is 31.8 Å². The second-order valence-electron chi connectivity index (χ2n) is 6.18. The molecule has 0 saturated heterocycles. The van der Waals surface area contributed by atoms with E-state index in [1.54, 1.807) is 38.1 Å². The van der Waals surface area contributed by atoms with E-state index < -0.39 is 36.4 Å². The Balaban J connectivity index is 2.20. The van der Waals surface area contributed by atoms with Gasteiger partial charge >= 0.3 is 17.9 Å². The number of carbonyl (C=O) groups is 3. The first kappa shape index (κ1) is 21.1. The van der Waals surface area contributed by atoms with Crippen molar-refractivity contribution in [2.45, 2.75) is 32.3 Å². The summed E-state index contributed by atoms with van der Waals surface area (Å²) < 4.78 is 9.80. The number of carboxylic acid groups (broad SMARTS) is 1. The van der Waals surface area contributed by atoms with Gasteiger partial charge in [-0.25, -0.2) is 14.4 Å². The third-order valence-electron chi connectivity index (χ3n) is 3.89. The van der Waals surface area contributed by atoms with Crippen molar-refractivity contribution < 1.29 is 39.2 Å². The monoisotopic (exact) mass is 388 g/mol. The van der Waals surface area contributed by atoms with Crippen molar-refractivity contribution >= 4 is 17.9 Å². The maximum absolute atomic E-state index is 12.2. The van der Waals surface area contributed by atoms with Gasteiger partial charge in [0.15, 0.2) is 12.4 Å². The van der Waals surface area contributed by atoms with Crippen LogP contribution in [0.3, 0.4) is 0 Å². The van der Waals surface area contributed by atoms with Crippen LogP contribution in [0.4, 0.5) is 0 Å². The van der Waals surface area contributed by atoms with Gasteiger partial charge in [0.1, 0.15) is 0 Å². The van der Waals surface area contributed by atoms with Crippen LogP contribution in [0.2, 0.25) is 0 Å². The Kier molecular flexibility index (Phi) is 6.86. The maximum atomic E-state index is 12.2. The highest BCUT2D eigenvalue weighted by atomic mass is 16.6. The summed E-state index contributed by atoms with van der Waals surface area (Å²) in [6, 6.07) is 12.3. The summed E-state index contributed by atoms with van der Waals surface area (Å²) >= 11 is 0. The summed E-state index contributed by atoms with van der Waals surface area (Å²) in [6.07, 6.45) is -6.54. The predicted octanol–water partition coefficient (Wildman–Crippen LogP) is 1.45. The van der Waals surface area contributed by atoms with E-state index in [0.29, 0.717) is 0 Å². The van der Waals surface area contributed by atoms with Gasteiger partial charge in [-0.2, -0.15) is 0 Å². The highest BCUT2D eigenvalue weighted by Gasteiger charge is 2.40. The van der Waals surface area contributed by atoms with Crippen molar-refractivity contribution in [2.24, 2.45) is 0 Å². The molecule has 2 aromatic rings. The van der Waals surface area contributed by atoms with Crippen molar-refractivity contribution in [1.29, 1.82) is 0 Å². The SMILES string of the molecule is Cc1ccc(C(=O)O[C@H](C(=O)O)[C@H](OC(=O)c2ccc(C)cc2)C(O)O)cc1. The van der Waals surface area contributed by atoms with Crippen LogP contribution >= 0.6 is 0 Å². The summed E-state index contributed by atoms with van der Waals surface area (Å²) in [4.78, 5) is 36.0. The maximum Gasteiger partial charge on any atom is 0.349 e. The number of hydrogen-bond donors (Lipinski definition) is 3. The molecule has 0 amide bonds. The zero-order chi connectivity index (χ0) is 20.8. The minimum Gasteiger partial charge on any atom is -0.478 e. The Morgan fingerprint density at radius 1 is 0.750 bits per heavy atom. The van der Waals surface area contributed by atoms with Crippen LogP contribution < -0.4 is 0 Å². The smallest absolute Gasteiger partial charge is 0.349 e. The molecule has 0 bridgehead atoms. The van der Waals surface area contributed by atoms with Gasteiger partial charge in [0.2, 0.25) is 6.10 Å². The minimum absolute atomic E-state index is 0.0629. The van der Waals surface area contributed by atoms with Crippen molar-refractivity contribution in [1.82, 2.24) is 0 Å². The first-order chi connectivity index (χ1) is 13.2. The summed E-state index contributed by atoms with van der Waals surface area (Å²) in [5.41, 5.74) is 1.89. The molecule has 0 spiro atoms. The van der Waals surface area contributed by atoms with Crippen LogP contribution in [0, 0.1) is 13.8 Å². The van der Waals surface area contributed by atoms with Gasteiger partial charge in [-0.1, -0.05) is 35.4 Å². The van der Waals surface area contributed by atoms with Crippen LogP contribution in [0.15, 0.2) is 48.5 Å². The number of aryl methyl sites for hydroxylation is 2. The average molecular weight is 388 g/mol. The molecule has 148 valence electrons. The fourth-order valence-electron chi connectivity index (χ4n) is 2.29. The summed E-state index contributed by atoms with van der Waals surface area (Å²) in [6.45, 7) is 3.61. The quantitative estimate of drug-likeness (QED) is 0.480. The number of aliphatic carboxylic acids is 1. The Morgan fingerprint density at radius 2 is 1.14 bits per heavy atom. The number of rotatable bonds is 7. The highest BCUT2D eigenvalue weighted by molar-refractivity contribution is 5.92. The molecular formula is C20H20O8. The molecule has 2 atom stereocenters. The number of carbonyl (C=O) groups excluding carboxylic acids is 2. The molecule has 0 unspecified atom stereocenters. The molecule has 0 aliphatic heterocycles. The molecule has 0 aliphatic carbocycles. The Bertz CT molecular complexity index is 840. The number of carboxylic acids is 1. The molecule has 2 rings (SSSR count). The molecule has 0 saturated carbocycles. The standard InChI is InChI=1S/C20H20O8/c1-11-3-7-13(8-4-11)19(25)27-15(17(21)22)16(18(23)24)28-20(26)14-9-5-12(2)6-10-14/h3-10,15-17,21-22H,1-2H3,(H,23,24)/t15-,16-/m0/s1. The molecule has 0 aliphatic rings. The summed E-state index contributed by atoms with van der Waals surface area (Å²) in [7, 11) is 0. The molecule has 8 heteroatoms. The first-order valence-electron chi connectivity index (χ1n) is 8.33. The number of esters is 2. The first-order valence-corrected chi connectivity index (χ1v) is 8.33. The van der Waals surface area contributed by atoms with E-state index in [2.05, 4.69) is 0 Å². The van der Waals surface area contributed by atoms with Crippen molar-refractivity contribution in [3.8, 4) is 0 Å². The fraction of sp³-hybridized carbons (Fsp3) is 0.250. The van der Waals surface area contributed by atoms with Crippen molar-refractivity contribution in [3.05, 3.63) is 70.8 Å². The second kappa shape index (κ2) is 9.12. The molecule has 0 fully saturated rings.